The molecule has 0 spiro atoms. The van der Waals surface area contributed by atoms with Crippen molar-refractivity contribution in [2.24, 2.45) is 0 Å². The van der Waals surface area contributed by atoms with Crippen LogP contribution < -0.4 is 4.74 Å². The van der Waals surface area contributed by atoms with Crippen LogP contribution in [-0.4, -0.2) is 18.2 Å². The Bertz CT molecular complexity index is 1010. The lowest BCUT2D eigenvalue weighted by atomic mass is 10.0. The fourth-order valence-electron chi connectivity index (χ4n) is 4.37. The molecular weight excluding hydrogens is 408 g/mol. The van der Waals surface area contributed by atoms with Gasteiger partial charge < -0.3 is 9.47 Å². The second-order valence-corrected chi connectivity index (χ2v) is 9.39. The summed E-state index contributed by atoms with van der Waals surface area (Å²) in [5.41, 5.74) is 0. The molecule has 178 valence electrons. The summed E-state index contributed by atoms with van der Waals surface area (Å²) in [5, 5.41) is 4.52. The molecule has 0 bridgehead atoms. The highest BCUT2D eigenvalue weighted by molar-refractivity contribution is 6.01. The molecule has 0 N–H and O–H groups in total. The number of fused-ring (bicyclic) bond motifs is 2. The average molecular weight is 449 g/mol. The number of unbranched alkanes of at least 4 members (excludes halogenated alkanes) is 8. The van der Waals surface area contributed by atoms with Crippen LogP contribution in [0.2, 0.25) is 0 Å². The molecule has 1 unspecified atom stereocenters. The number of hydrogen-bond acceptors (Lipinski definition) is 3. The number of esters is 1. The lowest BCUT2D eigenvalue weighted by Crippen LogP contribution is -2.31. The first-order chi connectivity index (χ1) is 16.1. The van der Waals surface area contributed by atoms with E-state index in [4.69, 9.17) is 9.47 Å². The second kappa shape index (κ2) is 13.2. The molecule has 3 aromatic rings. The Morgan fingerprint density at radius 1 is 0.758 bits per heavy atom. The summed E-state index contributed by atoms with van der Waals surface area (Å²) in [5.74, 6) is 0.488. The van der Waals surface area contributed by atoms with E-state index < -0.39 is 6.10 Å². The van der Waals surface area contributed by atoms with Gasteiger partial charge in [-0.2, -0.15) is 0 Å². The molecule has 0 saturated heterocycles. The van der Waals surface area contributed by atoms with Crippen molar-refractivity contribution in [3.8, 4) is 5.75 Å². The summed E-state index contributed by atoms with van der Waals surface area (Å²) in [6, 6.07) is 18.7. The van der Waals surface area contributed by atoms with Crippen LogP contribution in [0.4, 0.5) is 0 Å². The van der Waals surface area contributed by atoms with Crippen LogP contribution >= 0.6 is 0 Å². The van der Waals surface area contributed by atoms with Crippen LogP contribution in [-0.2, 0) is 9.53 Å². The van der Waals surface area contributed by atoms with Crippen molar-refractivity contribution in [3.63, 3.8) is 0 Å². The molecule has 1 atom stereocenters. The van der Waals surface area contributed by atoms with Crippen molar-refractivity contribution in [3.05, 3.63) is 54.6 Å². The molecule has 3 aromatic carbocycles. The van der Waals surface area contributed by atoms with E-state index >= 15 is 0 Å². The van der Waals surface area contributed by atoms with Gasteiger partial charge in [-0.3, -0.25) is 0 Å². The standard InChI is InChI=1S/C30H40O3/c1-4-5-6-7-8-9-10-11-12-19-29(30(31)32-23(2)3)33-28-20-15-18-26-21-24-16-13-14-17-25(24)22-27(26)28/h13-18,20-23,29H,4-12,19H2,1-3H3. The van der Waals surface area contributed by atoms with Crippen LogP contribution in [0.25, 0.3) is 21.5 Å². The van der Waals surface area contributed by atoms with Gasteiger partial charge in [0.25, 0.3) is 0 Å². The van der Waals surface area contributed by atoms with E-state index in [9.17, 15) is 4.79 Å². The van der Waals surface area contributed by atoms with Crippen LogP contribution in [0.5, 0.6) is 5.75 Å². The Hall–Kier alpha value is -2.55. The Balaban J connectivity index is 1.64. The minimum absolute atomic E-state index is 0.150. The lowest BCUT2D eigenvalue weighted by Gasteiger charge is -2.20. The van der Waals surface area contributed by atoms with Gasteiger partial charge >= 0.3 is 5.97 Å². The summed E-state index contributed by atoms with van der Waals surface area (Å²) >= 11 is 0. The molecule has 0 amide bonds. The van der Waals surface area contributed by atoms with E-state index in [0.717, 1.165) is 29.4 Å². The van der Waals surface area contributed by atoms with Gasteiger partial charge in [0.2, 0.25) is 0 Å². The number of ether oxygens (including phenoxy) is 2. The highest BCUT2D eigenvalue weighted by Gasteiger charge is 2.23. The zero-order chi connectivity index (χ0) is 23.5. The first-order valence-electron chi connectivity index (χ1n) is 12.9. The fourth-order valence-corrected chi connectivity index (χ4v) is 4.37. The number of benzene rings is 3. The average Bonchev–Trinajstić information content (AvgIpc) is 2.80. The van der Waals surface area contributed by atoms with Gasteiger partial charge in [-0.1, -0.05) is 94.7 Å². The summed E-state index contributed by atoms with van der Waals surface area (Å²) in [4.78, 5) is 12.8. The molecule has 0 saturated carbocycles. The largest absolute Gasteiger partial charge is 0.478 e. The number of carbonyl (C=O) groups is 1. The SMILES string of the molecule is CCCCCCCCCCCC(Oc1cccc2cc3ccccc3cc12)C(=O)OC(C)C. The molecule has 0 radical (unpaired) electrons. The summed E-state index contributed by atoms with van der Waals surface area (Å²) < 4.78 is 11.9. The first-order valence-corrected chi connectivity index (χ1v) is 12.9. The Morgan fingerprint density at radius 2 is 1.36 bits per heavy atom. The third kappa shape index (κ3) is 7.77. The molecule has 3 nitrogen and oxygen atoms in total. The molecular formula is C30H40O3. The normalized spacial score (nSPS) is 12.4. The van der Waals surface area contributed by atoms with Gasteiger partial charge in [-0.25, -0.2) is 4.79 Å². The maximum absolute atomic E-state index is 12.8. The topological polar surface area (TPSA) is 35.5 Å². The highest BCUT2D eigenvalue weighted by Crippen LogP contribution is 2.31. The van der Waals surface area contributed by atoms with E-state index in [1.165, 1.54) is 55.7 Å². The Labute approximate surface area is 199 Å². The summed E-state index contributed by atoms with van der Waals surface area (Å²) in [6.45, 7) is 6.03. The van der Waals surface area contributed by atoms with E-state index in [1.54, 1.807) is 0 Å². The van der Waals surface area contributed by atoms with E-state index in [-0.39, 0.29) is 12.1 Å². The van der Waals surface area contributed by atoms with Gasteiger partial charge in [0, 0.05) is 5.39 Å². The minimum atomic E-state index is -0.575. The summed E-state index contributed by atoms with van der Waals surface area (Å²) in [7, 11) is 0. The molecule has 0 aliphatic rings. The Kier molecular flexibility index (Phi) is 10.1. The molecule has 0 fully saturated rings. The van der Waals surface area contributed by atoms with Gasteiger partial charge in [0.1, 0.15) is 5.75 Å². The molecule has 0 aromatic heterocycles. The predicted molar refractivity (Wildman–Crippen MR) is 139 cm³/mol. The maximum atomic E-state index is 12.8. The molecule has 3 heteroatoms. The summed E-state index contributed by atoms with van der Waals surface area (Å²) in [6.07, 6.45) is 11.2. The lowest BCUT2D eigenvalue weighted by molar-refractivity contribution is -0.156. The van der Waals surface area contributed by atoms with E-state index in [2.05, 4.69) is 43.3 Å². The quantitative estimate of drug-likeness (QED) is 0.141. The first kappa shape index (κ1) is 25.1. The Morgan fingerprint density at radius 3 is 2.03 bits per heavy atom. The molecule has 3 rings (SSSR count). The number of hydrogen-bond donors (Lipinski definition) is 0. The van der Waals surface area contributed by atoms with Crippen LogP contribution in [0, 0.1) is 0 Å². The van der Waals surface area contributed by atoms with Crippen LogP contribution in [0.1, 0.15) is 85.0 Å². The monoisotopic (exact) mass is 448 g/mol. The van der Waals surface area contributed by atoms with Gasteiger partial charge in [-0.05, 0) is 61.0 Å². The zero-order valence-electron chi connectivity index (χ0n) is 20.6. The smallest absolute Gasteiger partial charge is 0.347 e. The van der Waals surface area contributed by atoms with Gasteiger partial charge in [0.05, 0.1) is 6.10 Å². The zero-order valence-corrected chi connectivity index (χ0v) is 20.6. The van der Waals surface area contributed by atoms with Crippen molar-refractivity contribution in [2.45, 2.75) is 97.2 Å². The van der Waals surface area contributed by atoms with Crippen molar-refractivity contribution in [1.82, 2.24) is 0 Å². The van der Waals surface area contributed by atoms with Gasteiger partial charge in [0.15, 0.2) is 6.10 Å². The van der Waals surface area contributed by atoms with Crippen molar-refractivity contribution < 1.29 is 14.3 Å². The fraction of sp³-hybridized carbons (Fsp3) is 0.500. The van der Waals surface area contributed by atoms with Crippen LogP contribution in [0.15, 0.2) is 54.6 Å². The van der Waals surface area contributed by atoms with Crippen molar-refractivity contribution in [2.75, 3.05) is 0 Å². The predicted octanol–water partition coefficient (Wildman–Crippen LogP) is 8.61. The van der Waals surface area contributed by atoms with E-state index in [0.29, 0.717) is 6.42 Å². The van der Waals surface area contributed by atoms with Crippen molar-refractivity contribution in [1.29, 1.82) is 0 Å². The molecule has 0 aliphatic heterocycles. The van der Waals surface area contributed by atoms with Gasteiger partial charge in [-0.15, -0.1) is 0 Å². The molecule has 0 heterocycles. The molecule has 33 heavy (non-hydrogen) atoms. The molecule has 0 aliphatic carbocycles. The minimum Gasteiger partial charge on any atom is -0.478 e. The van der Waals surface area contributed by atoms with Crippen molar-refractivity contribution >= 4 is 27.5 Å². The van der Waals surface area contributed by atoms with E-state index in [1.807, 2.05) is 32.0 Å². The number of rotatable bonds is 14. The second-order valence-electron chi connectivity index (χ2n) is 9.39. The maximum Gasteiger partial charge on any atom is 0.347 e. The third-order valence-corrected chi connectivity index (χ3v) is 6.16. The van der Waals surface area contributed by atoms with Crippen LogP contribution in [0.3, 0.4) is 0 Å². The third-order valence-electron chi connectivity index (χ3n) is 6.16. The highest BCUT2D eigenvalue weighted by atomic mass is 16.6. The number of carbonyl (C=O) groups excluding carboxylic acids is 1.